The largest absolute Gasteiger partial charge is 0.354 e. The lowest BCUT2D eigenvalue weighted by molar-refractivity contribution is -0.121. The van der Waals surface area contributed by atoms with Crippen LogP contribution in [0.25, 0.3) is 0 Å². The van der Waals surface area contributed by atoms with Gasteiger partial charge in [-0.25, -0.2) is 0 Å². The predicted octanol–water partition coefficient (Wildman–Crippen LogP) is 3.42. The molecule has 5 heteroatoms. The number of nitrogens with one attached hydrogen (secondary N) is 1. The number of hydrogen-bond acceptors (Lipinski definition) is 2. The number of nitrogens with zero attached hydrogens (tertiary/aromatic N) is 1. The zero-order valence-electron chi connectivity index (χ0n) is 13.1. The fourth-order valence-electron chi connectivity index (χ4n) is 1.93. The Balaban J connectivity index is 2.72. The molecule has 1 rings (SSSR count). The molecule has 0 saturated heterocycles. The molecule has 116 valence electrons. The van der Waals surface area contributed by atoms with Gasteiger partial charge in [0.15, 0.2) is 0 Å². The minimum atomic E-state index is -0.0620. The maximum absolute atomic E-state index is 11.8. The van der Waals surface area contributed by atoms with Crippen LogP contribution < -0.4 is 10.2 Å². The van der Waals surface area contributed by atoms with Crippen molar-refractivity contribution in [3.63, 3.8) is 0 Å². The summed E-state index contributed by atoms with van der Waals surface area (Å²) < 4.78 is 1.00. The summed E-state index contributed by atoms with van der Waals surface area (Å²) >= 11 is 3.45. The first-order chi connectivity index (χ1) is 9.85. The molecule has 0 aliphatic carbocycles. The van der Waals surface area contributed by atoms with Gasteiger partial charge >= 0.3 is 0 Å². The molecule has 0 aliphatic heterocycles. The van der Waals surface area contributed by atoms with Gasteiger partial charge < -0.3 is 10.2 Å². The molecule has 0 radical (unpaired) electrons. The van der Waals surface area contributed by atoms with Crippen molar-refractivity contribution in [2.45, 2.75) is 46.6 Å². The second-order valence-electron chi connectivity index (χ2n) is 5.23. The van der Waals surface area contributed by atoms with Crippen LogP contribution in [0, 0.1) is 6.92 Å². The molecule has 0 aromatic heterocycles. The van der Waals surface area contributed by atoms with E-state index in [1.54, 1.807) is 4.90 Å². The van der Waals surface area contributed by atoms with Gasteiger partial charge in [0, 0.05) is 36.1 Å². The third-order valence-electron chi connectivity index (χ3n) is 3.42. The van der Waals surface area contributed by atoms with E-state index in [0.717, 1.165) is 22.1 Å². The summed E-state index contributed by atoms with van der Waals surface area (Å²) in [5, 5.41) is 2.91. The van der Waals surface area contributed by atoms with Crippen molar-refractivity contribution in [3.05, 3.63) is 28.2 Å². The maximum Gasteiger partial charge on any atom is 0.223 e. The number of amides is 2. The average molecular weight is 355 g/mol. The third kappa shape index (κ3) is 5.50. The first-order valence-corrected chi connectivity index (χ1v) is 7.98. The minimum absolute atomic E-state index is 0.0237. The number of anilines is 1. The monoisotopic (exact) mass is 354 g/mol. The number of carbonyl (C=O) groups excluding carboxylic acids is 2. The molecule has 1 unspecified atom stereocenters. The molecule has 1 N–H and O–H groups in total. The van der Waals surface area contributed by atoms with Gasteiger partial charge in [0.2, 0.25) is 11.8 Å². The summed E-state index contributed by atoms with van der Waals surface area (Å²) in [7, 11) is 0. The normalized spacial score (nSPS) is 11.9. The third-order valence-corrected chi connectivity index (χ3v) is 4.31. The second kappa shape index (κ2) is 8.17. The van der Waals surface area contributed by atoms with Crippen LogP contribution in [0.1, 0.15) is 39.2 Å². The number of halogens is 1. The van der Waals surface area contributed by atoms with E-state index >= 15 is 0 Å². The Morgan fingerprint density at radius 1 is 1.38 bits per heavy atom. The molecule has 0 saturated carbocycles. The number of benzene rings is 1. The van der Waals surface area contributed by atoms with Crippen LogP contribution in [0.15, 0.2) is 22.7 Å². The van der Waals surface area contributed by atoms with Gasteiger partial charge in [-0.1, -0.05) is 22.9 Å². The molecular formula is C16H23BrN2O2. The molecular weight excluding hydrogens is 332 g/mol. The number of carbonyl (C=O) groups is 2. The van der Waals surface area contributed by atoms with E-state index in [9.17, 15) is 9.59 Å². The fraction of sp³-hybridized carbons (Fsp3) is 0.500. The Morgan fingerprint density at radius 3 is 2.57 bits per heavy atom. The van der Waals surface area contributed by atoms with Gasteiger partial charge in [0.1, 0.15) is 0 Å². The van der Waals surface area contributed by atoms with Crippen LogP contribution in [-0.4, -0.2) is 24.4 Å². The summed E-state index contributed by atoms with van der Waals surface area (Å²) in [5.41, 5.74) is 1.88. The second-order valence-corrected chi connectivity index (χ2v) is 6.09. The molecule has 1 aromatic carbocycles. The van der Waals surface area contributed by atoms with Crippen molar-refractivity contribution >= 4 is 33.4 Å². The van der Waals surface area contributed by atoms with E-state index in [1.807, 2.05) is 39.0 Å². The molecule has 0 spiro atoms. The van der Waals surface area contributed by atoms with Gasteiger partial charge in [0.25, 0.3) is 0 Å². The molecule has 1 aromatic rings. The highest BCUT2D eigenvalue weighted by Crippen LogP contribution is 2.23. The summed E-state index contributed by atoms with van der Waals surface area (Å²) in [5.74, 6) is -0.0857. The molecule has 0 fully saturated rings. The van der Waals surface area contributed by atoms with Crippen molar-refractivity contribution in [2.24, 2.45) is 0 Å². The first kappa shape index (κ1) is 17.7. The Kier molecular flexibility index (Phi) is 6.89. The van der Waals surface area contributed by atoms with E-state index in [2.05, 4.69) is 21.2 Å². The summed E-state index contributed by atoms with van der Waals surface area (Å²) in [6.45, 7) is 7.88. The molecule has 0 aliphatic rings. The van der Waals surface area contributed by atoms with Crippen LogP contribution in [0.4, 0.5) is 5.69 Å². The highest BCUT2D eigenvalue weighted by Gasteiger charge is 2.14. The van der Waals surface area contributed by atoms with Crippen molar-refractivity contribution < 1.29 is 9.59 Å². The Hall–Kier alpha value is -1.36. The van der Waals surface area contributed by atoms with Gasteiger partial charge in [-0.05, 0) is 44.0 Å². The van der Waals surface area contributed by atoms with Crippen molar-refractivity contribution in [3.8, 4) is 0 Å². The summed E-state index contributed by atoms with van der Waals surface area (Å²) in [6, 6.07) is 5.90. The quantitative estimate of drug-likeness (QED) is 0.850. The van der Waals surface area contributed by atoms with Gasteiger partial charge in [-0.2, -0.15) is 0 Å². The van der Waals surface area contributed by atoms with E-state index in [4.69, 9.17) is 0 Å². The van der Waals surface area contributed by atoms with Crippen LogP contribution >= 0.6 is 15.9 Å². The highest BCUT2D eigenvalue weighted by atomic mass is 79.9. The van der Waals surface area contributed by atoms with Gasteiger partial charge in [-0.15, -0.1) is 0 Å². The molecule has 0 bridgehead atoms. The van der Waals surface area contributed by atoms with Crippen molar-refractivity contribution in [1.29, 1.82) is 0 Å². The Labute approximate surface area is 135 Å². The van der Waals surface area contributed by atoms with E-state index in [1.165, 1.54) is 6.92 Å². The number of hydrogen-bond donors (Lipinski definition) is 1. The zero-order valence-corrected chi connectivity index (χ0v) is 14.7. The predicted molar refractivity (Wildman–Crippen MR) is 89.4 cm³/mol. The SMILES string of the molecule is CCC(C)NC(=O)CCN(C(C)=O)c1ccc(Br)c(C)c1. The Bertz CT molecular complexity index is 517. The van der Waals surface area contributed by atoms with Crippen molar-refractivity contribution in [1.82, 2.24) is 5.32 Å². The van der Waals surface area contributed by atoms with Gasteiger partial charge in [0.05, 0.1) is 0 Å². The minimum Gasteiger partial charge on any atom is -0.354 e. The van der Waals surface area contributed by atoms with Crippen LogP contribution in [-0.2, 0) is 9.59 Å². The van der Waals surface area contributed by atoms with E-state index < -0.39 is 0 Å². The lowest BCUT2D eigenvalue weighted by Crippen LogP contribution is -2.36. The van der Waals surface area contributed by atoms with Crippen LogP contribution in [0.2, 0.25) is 0 Å². The standard InChI is InChI=1S/C16H23BrN2O2/c1-5-12(3)18-16(21)8-9-19(13(4)20)14-6-7-15(17)11(2)10-14/h6-7,10,12H,5,8-9H2,1-4H3,(H,18,21). The van der Waals surface area contributed by atoms with Crippen LogP contribution in [0.5, 0.6) is 0 Å². The molecule has 4 nitrogen and oxygen atoms in total. The van der Waals surface area contributed by atoms with E-state index in [-0.39, 0.29) is 17.9 Å². The highest BCUT2D eigenvalue weighted by molar-refractivity contribution is 9.10. The number of aryl methyl sites for hydroxylation is 1. The maximum atomic E-state index is 11.8. The molecule has 1 atom stereocenters. The zero-order chi connectivity index (χ0) is 16.0. The molecule has 0 heterocycles. The topological polar surface area (TPSA) is 49.4 Å². The fourth-order valence-corrected chi connectivity index (χ4v) is 2.17. The smallest absolute Gasteiger partial charge is 0.223 e. The first-order valence-electron chi connectivity index (χ1n) is 7.18. The van der Waals surface area contributed by atoms with E-state index in [0.29, 0.717) is 13.0 Å². The average Bonchev–Trinajstić information content (AvgIpc) is 2.42. The summed E-state index contributed by atoms with van der Waals surface area (Å²) in [4.78, 5) is 25.3. The molecule has 2 amide bonds. The number of rotatable bonds is 6. The van der Waals surface area contributed by atoms with Crippen molar-refractivity contribution in [2.75, 3.05) is 11.4 Å². The molecule has 21 heavy (non-hydrogen) atoms. The van der Waals surface area contributed by atoms with Gasteiger partial charge in [-0.3, -0.25) is 9.59 Å². The van der Waals surface area contributed by atoms with Crippen LogP contribution in [0.3, 0.4) is 0 Å². The Morgan fingerprint density at radius 2 is 2.05 bits per heavy atom. The lowest BCUT2D eigenvalue weighted by Gasteiger charge is -2.22. The lowest BCUT2D eigenvalue weighted by atomic mass is 10.2. The summed E-state index contributed by atoms with van der Waals surface area (Å²) in [6.07, 6.45) is 1.20.